The Bertz CT molecular complexity index is 1630. The largest absolute Gasteiger partial charge is 0.368 e. The summed E-state index contributed by atoms with van der Waals surface area (Å²) >= 11 is 6.14. The van der Waals surface area contributed by atoms with Crippen molar-refractivity contribution in [3.63, 3.8) is 0 Å². The molecule has 2 aromatic carbocycles. The average Bonchev–Trinajstić information content (AvgIpc) is 3.30. The molecule has 0 amide bonds. The summed E-state index contributed by atoms with van der Waals surface area (Å²) in [5.41, 5.74) is 8.72. The monoisotopic (exact) mass is 617 g/mol. The van der Waals surface area contributed by atoms with Gasteiger partial charge in [-0.25, -0.2) is 18.8 Å². The molecule has 1 unspecified atom stereocenters. The fourth-order valence-electron chi connectivity index (χ4n) is 4.89. The van der Waals surface area contributed by atoms with E-state index in [0.717, 1.165) is 15.4 Å². The van der Waals surface area contributed by atoms with Crippen molar-refractivity contribution >= 4 is 39.4 Å². The lowest BCUT2D eigenvalue weighted by atomic mass is 9.86. The number of hydrazone groups is 1. The molecule has 2 aliphatic rings. The van der Waals surface area contributed by atoms with E-state index in [2.05, 4.69) is 19.5 Å². The van der Waals surface area contributed by atoms with Crippen molar-refractivity contribution in [2.75, 3.05) is 19.6 Å². The third-order valence-corrected chi connectivity index (χ3v) is 8.71. The number of hydrogen-bond donors (Lipinski definition) is 1. The van der Waals surface area contributed by atoms with Crippen molar-refractivity contribution in [2.24, 2.45) is 20.2 Å². The number of aliphatic imine (C=N–C) groups is 1. The lowest BCUT2D eigenvalue weighted by Gasteiger charge is -2.32. The van der Waals surface area contributed by atoms with Crippen molar-refractivity contribution in [3.05, 3.63) is 82.4 Å². The summed E-state index contributed by atoms with van der Waals surface area (Å²) in [4.78, 5) is 8.56. The second-order valence-corrected chi connectivity index (χ2v) is 12.1. The van der Waals surface area contributed by atoms with Gasteiger partial charge in [-0.05, 0) is 43.5 Å². The molecule has 3 heterocycles. The molecule has 0 spiro atoms. The summed E-state index contributed by atoms with van der Waals surface area (Å²) in [7, 11) is -4.42. The molecule has 42 heavy (non-hydrogen) atoms. The third kappa shape index (κ3) is 6.66. The maximum atomic E-state index is 13.8. The summed E-state index contributed by atoms with van der Waals surface area (Å²) in [5.74, 6) is -2.68. The predicted molar refractivity (Wildman–Crippen MR) is 157 cm³/mol. The number of hydrogen-bond acceptors (Lipinski definition) is 5. The molecule has 2 N–H and O–H groups in total. The lowest BCUT2D eigenvalue weighted by molar-refractivity contribution is -0.0411. The van der Waals surface area contributed by atoms with Gasteiger partial charge in [0.05, 0.1) is 5.71 Å². The SMILES string of the molecule is Cc1nc(C)n(/C(N)=N/C(=N\S(=O)(=O)N2CCC(F)(F)CC2)N2CCC(c3ccccc3)C(c3ccc(Cl)cc3)=N2)n1. The molecule has 0 aliphatic carbocycles. The highest BCUT2D eigenvalue weighted by molar-refractivity contribution is 7.87. The highest BCUT2D eigenvalue weighted by Crippen LogP contribution is 2.32. The fraction of sp³-hybridized carbons (Fsp3) is 0.370. The van der Waals surface area contributed by atoms with Crippen LogP contribution in [-0.4, -0.2) is 75.7 Å². The van der Waals surface area contributed by atoms with Gasteiger partial charge in [-0.2, -0.15) is 27.5 Å². The molecule has 1 saturated heterocycles. The average molecular weight is 618 g/mol. The van der Waals surface area contributed by atoms with Gasteiger partial charge < -0.3 is 5.73 Å². The molecule has 3 aromatic rings. The molecule has 11 nitrogen and oxygen atoms in total. The van der Waals surface area contributed by atoms with Crippen LogP contribution >= 0.6 is 11.6 Å². The van der Waals surface area contributed by atoms with Crippen molar-refractivity contribution in [1.82, 2.24) is 24.1 Å². The molecule has 1 aromatic heterocycles. The van der Waals surface area contributed by atoms with Gasteiger partial charge in [-0.1, -0.05) is 54.1 Å². The van der Waals surface area contributed by atoms with Crippen LogP contribution in [-0.2, 0) is 10.2 Å². The zero-order chi connectivity index (χ0) is 30.1. The predicted octanol–water partition coefficient (Wildman–Crippen LogP) is 3.94. The Balaban J connectivity index is 1.60. The van der Waals surface area contributed by atoms with Crippen LogP contribution in [0.5, 0.6) is 0 Å². The van der Waals surface area contributed by atoms with Crippen LogP contribution in [0.15, 0.2) is 69.1 Å². The molecular weight excluding hydrogens is 588 g/mol. The van der Waals surface area contributed by atoms with Crippen LogP contribution in [0, 0.1) is 13.8 Å². The standard InChI is InChI=1S/C27H30ClF2N9O2S/c1-18-32-19(2)39(34-18)25(31)33-26(36-42(40,41)37-16-13-27(29,30)14-17-37)38-15-12-23(20-6-4-3-5-7-20)24(35-38)21-8-10-22(28)11-9-21/h3-11,23H,12-17H2,1-2H3,(H2,31,33,36). The smallest absolute Gasteiger partial charge is 0.325 e. The number of halogens is 3. The van der Waals surface area contributed by atoms with E-state index in [0.29, 0.717) is 28.8 Å². The second-order valence-electron chi connectivity index (χ2n) is 10.1. The molecule has 222 valence electrons. The van der Waals surface area contributed by atoms with E-state index in [1.54, 1.807) is 26.0 Å². The number of benzene rings is 2. The molecule has 0 saturated carbocycles. The molecule has 1 fully saturated rings. The van der Waals surface area contributed by atoms with Crippen molar-refractivity contribution in [3.8, 4) is 0 Å². The van der Waals surface area contributed by atoms with Crippen LogP contribution in [0.25, 0.3) is 0 Å². The van der Waals surface area contributed by atoms with Crippen LogP contribution in [0.3, 0.4) is 0 Å². The normalized spacial score (nSPS) is 20.5. The minimum atomic E-state index is -4.42. The number of nitrogens with two attached hydrogens (primary N) is 1. The van der Waals surface area contributed by atoms with Crippen molar-refractivity contribution in [2.45, 2.75) is 45.0 Å². The summed E-state index contributed by atoms with van der Waals surface area (Å²) in [5, 5.41) is 11.0. The van der Waals surface area contributed by atoms with Crippen LogP contribution in [0.4, 0.5) is 8.78 Å². The number of nitrogens with zero attached hydrogens (tertiary/aromatic N) is 8. The van der Waals surface area contributed by atoms with Crippen molar-refractivity contribution in [1.29, 1.82) is 0 Å². The van der Waals surface area contributed by atoms with E-state index in [9.17, 15) is 17.2 Å². The van der Waals surface area contributed by atoms with E-state index >= 15 is 0 Å². The Hall–Kier alpha value is -3.75. The fourth-order valence-corrected chi connectivity index (χ4v) is 6.12. The maximum absolute atomic E-state index is 13.8. The quantitative estimate of drug-likeness (QED) is 0.348. The minimum absolute atomic E-state index is 0.118. The molecule has 0 radical (unpaired) electrons. The number of piperidine rings is 1. The van der Waals surface area contributed by atoms with Gasteiger partial charge in [0.1, 0.15) is 11.6 Å². The first kappa shape index (κ1) is 29.7. The van der Waals surface area contributed by atoms with Gasteiger partial charge in [-0.3, -0.25) is 0 Å². The minimum Gasteiger partial charge on any atom is -0.368 e. The van der Waals surface area contributed by atoms with Gasteiger partial charge in [0.15, 0.2) is 0 Å². The number of aryl methyl sites for hydroxylation is 2. The van der Waals surface area contributed by atoms with Gasteiger partial charge in [-0.15, -0.1) is 9.50 Å². The summed E-state index contributed by atoms with van der Waals surface area (Å²) < 4.78 is 60.5. The van der Waals surface area contributed by atoms with E-state index < -0.39 is 29.0 Å². The second kappa shape index (κ2) is 11.9. The topological polar surface area (TPSA) is 134 Å². The summed E-state index contributed by atoms with van der Waals surface area (Å²) in [6.07, 6.45) is -0.653. The maximum Gasteiger partial charge on any atom is 0.325 e. The first-order valence-electron chi connectivity index (χ1n) is 13.3. The Morgan fingerprint density at radius 3 is 2.33 bits per heavy atom. The zero-order valence-corrected chi connectivity index (χ0v) is 24.6. The zero-order valence-electron chi connectivity index (χ0n) is 23.0. The number of aromatic nitrogens is 3. The van der Waals surface area contributed by atoms with Crippen molar-refractivity contribution < 1.29 is 17.2 Å². The first-order chi connectivity index (χ1) is 19.9. The Morgan fingerprint density at radius 2 is 1.71 bits per heavy atom. The number of guanidine groups is 1. The van der Waals surface area contributed by atoms with E-state index in [1.807, 2.05) is 42.5 Å². The first-order valence-corrected chi connectivity index (χ1v) is 15.1. The van der Waals surface area contributed by atoms with E-state index in [4.69, 9.17) is 22.4 Å². The van der Waals surface area contributed by atoms with E-state index in [-0.39, 0.29) is 37.5 Å². The molecule has 0 bridgehead atoms. The molecule has 2 aliphatic heterocycles. The molecule has 5 rings (SSSR count). The molecular formula is C27H30ClF2N9O2S. The summed E-state index contributed by atoms with van der Waals surface area (Å²) in [6, 6.07) is 17.0. The number of alkyl halides is 2. The van der Waals surface area contributed by atoms with Gasteiger partial charge in [0.25, 0.3) is 11.9 Å². The molecule has 1 atom stereocenters. The Morgan fingerprint density at radius 1 is 1.05 bits per heavy atom. The van der Waals surface area contributed by atoms with E-state index in [1.165, 1.54) is 9.69 Å². The van der Waals surface area contributed by atoms with Gasteiger partial charge in [0, 0.05) is 43.4 Å². The third-order valence-electron chi connectivity index (χ3n) is 7.04. The van der Waals surface area contributed by atoms with Gasteiger partial charge in [0.2, 0.25) is 5.96 Å². The highest BCUT2D eigenvalue weighted by Gasteiger charge is 2.39. The molecule has 15 heteroatoms. The van der Waals surface area contributed by atoms with Crippen LogP contribution < -0.4 is 5.73 Å². The Labute approximate surface area is 247 Å². The number of rotatable bonds is 4. The van der Waals surface area contributed by atoms with Crippen LogP contribution in [0.1, 0.15) is 48.0 Å². The summed E-state index contributed by atoms with van der Waals surface area (Å²) in [6.45, 7) is 2.85. The highest BCUT2D eigenvalue weighted by atomic mass is 35.5. The lowest BCUT2D eigenvalue weighted by Crippen LogP contribution is -2.43. The Kier molecular flexibility index (Phi) is 8.39. The van der Waals surface area contributed by atoms with Gasteiger partial charge >= 0.3 is 10.2 Å². The van der Waals surface area contributed by atoms with Crippen LogP contribution in [0.2, 0.25) is 5.02 Å².